The monoisotopic (exact) mass is 491 g/mol. The maximum absolute atomic E-state index is 13.8. The number of hydrogen-bond acceptors (Lipinski definition) is 5. The van der Waals surface area contributed by atoms with Crippen molar-refractivity contribution in [1.29, 1.82) is 0 Å². The van der Waals surface area contributed by atoms with Crippen LogP contribution in [0.2, 0.25) is 5.02 Å². The van der Waals surface area contributed by atoms with Gasteiger partial charge in [-0.2, -0.15) is 0 Å². The Morgan fingerprint density at radius 3 is 2.79 bits per heavy atom. The van der Waals surface area contributed by atoms with Crippen LogP contribution in [0.1, 0.15) is 31.1 Å². The van der Waals surface area contributed by atoms with E-state index in [9.17, 15) is 17.6 Å². The summed E-state index contributed by atoms with van der Waals surface area (Å²) in [5, 5.41) is 0.151. The second-order valence-corrected chi connectivity index (χ2v) is 8.96. The number of nitrogens with one attached hydrogen (secondary N) is 1. The Morgan fingerprint density at radius 2 is 2.14 bits per heavy atom. The molecule has 1 heterocycles. The molecule has 0 aliphatic carbocycles. The molecule has 3 rings (SSSR count). The fraction of sp³-hybridized carbons (Fsp3) is 0.278. The van der Waals surface area contributed by atoms with Crippen LogP contribution in [-0.4, -0.2) is 21.0 Å². The molecule has 0 unspecified atom stereocenters. The van der Waals surface area contributed by atoms with Crippen LogP contribution in [0.15, 0.2) is 33.6 Å². The van der Waals surface area contributed by atoms with Crippen molar-refractivity contribution in [3.63, 3.8) is 0 Å². The van der Waals surface area contributed by atoms with E-state index in [2.05, 4.69) is 20.7 Å². The number of ether oxygens (including phenoxy) is 2. The Balaban J connectivity index is 2.05. The van der Waals surface area contributed by atoms with Gasteiger partial charge in [0.25, 0.3) is 10.0 Å². The average molecular weight is 493 g/mol. The summed E-state index contributed by atoms with van der Waals surface area (Å²) in [4.78, 5) is 11.1. The van der Waals surface area contributed by atoms with Gasteiger partial charge in [0.2, 0.25) is 0 Å². The average Bonchev–Trinajstić information content (AvgIpc) is 2.99. The third-order valence-electron chi connectivity index (χ3n) is 4.17. The molecule has 1 aliphatic heterocycles. The Labute approximate surface area is 175 Å². The lowest BCUT2D eigenvalue weighted by Gasteiger charge is -2.15. The normalized spacial score (nSPS) is 15.7. The largest absolute Gasteiger partial charge is 0.487 e. The van der Waals surface area contributed by atoms with Crippen molar-refractivity contribution in [3.8, 4) is 5.75 Å². The highest BCUT2D eigenvalue weighted by Crippen LogP contribution is 2.42. The van der Waals surface area contributed by atoms with E-state index in [-0.39, 0.29) is 32.4 Å². The van der Waals surface area contributed by atoms with E-state index in [0.717, 1.165) is 6.07 Å². The van der Waals surface area contributed by atoms with Crippen LogP contribution < -0.4 is 9.46 Å². The molecule has 150 valence electrons. The summed E-state index contributed by atoms with van der Waals surface area (Å²) in [6.45, 7) is 3.02. The minimum Gasteiger partial charge on any atom is -0.487 e. The summed E-state index contributed by atoms with van der Waals surface area (Å²) in [6, 6.07) is 5.27. The fourth-order valence-electron chi connectivity index (χ4n) is 2.96. The molecule has 0 amide bonds. The third kappa shape index (κ3) is 3.97. The molecule has 0 saturated heterocycles. The van der Waals surface area contributed by atoms with Crippen LogP contribution in [0.5, 0.6) is 5.75 Å². The number of fused-ring (bicyclic) bond motifs is 1. The Kier molecular flexibility index (Phi) is 5.88. The molecule has 0 bridgehead atoms. The molecular formula is C18H16BrClFNO5S. The number of rotatable bonds is 5. The molecule has 2 aromatic rings. The van der Waals surface area contributed by atoms with E-state index in [1.54, 1.807) is 6.92 Å². The number of benzene rings is 2. The quantitative estimate of drug-likeness (QED) is 0.617. The first-order chi connectivity index (χ1) is 13.1. The molecule has 6 nitrogen and oxygen atoms in total. The van der Waals surface area contributed by atoms with Crippen molar-refractivity contribution in [2.75, 3.05) is 11.3 Å². The van der Waals surface area contributed by atoms with Gasteiger partial charge in [-0.1, -0.05) is 18.5 Å². The molecular weight excluding hydrogens is 477 g/mol. The number of carbonyl (C=O) groups excluding carboxylic acids is 1. The van der Waals surface area contributed by atoms with E-state index in [4.69, 9.17) is 21.1 Å². The van der Waals surface area contributed by atoms with Gasteiger partial charge in [-0.3, -0.25) is 9.52 Å². The van der Waals surface area contributed by atoms with Crippen molar-refractivity contribution in [3.05, 3.63) is 50.7 Å². The van der Waals surface area contributed by atoms with Crippen molar-refractivity contribution in [1.82, 2.24) is 0 Å². The van der Waals surface area contributed by atoms with Crippen molar-refractivity contribution < 1.29 is 27.1 Å². The van der Waals surface area contributed by atoms with Crippen LogP contribution in [0.3, 0.4) is 0 Å². The molecule has 1 aliphatic rings. The topological polar surface area (TPSA) is 81.7 Å². The predicted octanol–water partition coefficient (Wildman–Crippen LogP) is 4.60. The summed E-state index contributed by atoms with van der Waals surface area (Å²) >= 11 is 9.24. The van der Waals surface area contributed by atoms with Crippen molar-refractivity contribution in [2.24, 2.45) is 0 Å². The third-order valence-corrected chi connectivity index (χ3v) is 6.61. The van der Waals surface area contributed by atoms with E-state index >= 15 is 0 Å². The van der Waals surface area contributed by atoms with Gasteiger partial charge in [0.1, 0.15) is 23.1 Å². The molecule has 2 aromatic carbocycles. The molecule has 1 N–H and O–H groups in total. The van der Waals surface area contributed by atoms with Crippen molar-refractivity contribution >= 4 is 49.2 Å². The number of hydrogen-bond donors (Lipinski definition) is 1. The van der Waals surface area contributed by atoms with Gasteiger partial charge in [0.15, 0.2) is 6.10 Å². The highest BCUT2D eigenvalue weighted by Gasteiger charge is 2.34. The van der Waals surface area contributed by atoms with Gasteiger partial charge in [0, 0.05) is 17.5 Å². The smallest absolute Gasteiger partial charge is 0.303 e. The summed E-state index contributed by atoms with van der Waals surface area (Å²) in [5.41, 5.74) is 1.08. The van der Waals surface area contributed by atoms with E-state index in [1.165, 1.54) is 25.1 Å². The Hall–Kier alpha value is -1.84. The zero-order valence-electron chi connectivity index (χ0n) is 14.9. The van der Waals surface area contributed by atoms with Gasteiger partial charge in [-0.25, -0.2) is 12.8 Å². The Morgan fingerprint density at radius 1 is 1.43 bits per heavy atom. The summed E-state index contributed by atoms with van der Waals surface area (Å²) in [7, 11) is -4.12. The molecule has 28 heavy (non-hydrogen) atoms. The summed E-state index contributed by atoms with van der Waals surface area (Å²) in [6.07, 6.45) is -0.346. The maximum atomic E-state index is 13.8. The minimum absolute atomic E-state index is 0.0138. The summed E-state index contributed by atoms with van der Waals surface area (Å²) in [5.74, 6) is -0.939. The van der Waals surface area contributed by atoms with Crippen LogP contribution in [-0.2, 0) is 26.0 Å². The van der Waals surface area contributed by atoms with Crippen LogP contribution in [0.25, 0.3) is 0 Å². The SMILES string of the molecule is CCc1c(NS(=O)(=O)c2cc(Cl)cc3c2OC[C@H]3OC(C)=O)ccc(F)c1Br. The molecule has 0 radical (unpaired) electrons. The number of anilines is 1. The van der Waals surface area contributed by atoms with E-state index in [1.807, 2.05) is 0 Å². The zero-order chi connectivity index (χ0) is 20.6. The first-order valence-electron chi connectivity index (χ1n) is 8.27. The first kappa shape index (κ1) is 20.9. The summed E-state index contributed by atoms with van der Waals surface area (Å²) < 4.78 is 53.2. The van der Waals surface area contributed by atoms with Gasteiger partial charge in [-0.15, -0.1) is 0 Å². The molecule has 0 aromatic heterocycles. The van der Waals surface area contributed by atoms with Gasteiger partial charge in [-0.05, 0) is 52.2 Å². The lowest BCUT2D eigenvalue weighted by molar-refractivity contribution is -0.147. The fourth-order valence-corrected chi connectivity index (χ4v) is 5.17. The minimum atomic E-state index is -4.12. The standard InChI is InChI=1S/C18H16BrClFNO5S/c1-3-11-14(5-4-13(21)17(11)19)22-28(24,25)16-7-10(20)6-12-15(27-9(2)23)8-26-18(12)16/h4-7,15,22H,3,8H2,1-2H3/t15-/m1/s1. The van der Waals surface area contributed by atoms with Gasteiger partial charge < -0.3 is 9.47 Å². The predicted molar refractivity (Wildman–Crippen MR) is 106 cm³/mol. The number of esters is 1. The van der Waals surface area contributed by atoms with Gasteiger partial charge in [0.05, 0.1) is 10.2 Å². The zero-order valence-corrected chi connectivity index (χ0v) is 18.0. The van der Waals surface area contributed by atoms with E-state index < -0.39 is 27.9 Å². The molecule has 1 atom stereocenters. The molecule has 0 saturated carbocycles. The lowest BCUT2D eigenvalue weighted by atomic mass is 10.1. The maximum Gasteiger partial charge on any atom is 0.303 e. The Bertz CT molecular complexity index is 1060. The highest BCUT2D eigenvalue weighted by atomic mass is 79.9. The van der Waals surface area contributed by atoms with Crippen molar-refractivity contribution in [2.45, 2.75) is 31.3 Å². The highest BCUT2D eigenvalue weighted by molar-refractivity contribution is 9.10. The number of halogens is 3. The molecule has 10 heteroatoms. The van der Waals surface area contributed by atoms with Crippen LogP contribution >= 0.6 is 27.5 Å². The lowest BCUT2D eigenvalue weighted by Crippen LogP contribution is -2.15. The van der Waals surface area contributed by atoms with E-state index in [0.29, 0.717) is 17.5 Å². The number of carbonyl (C=O) groups is 1. The molecule has 0 fully saturated rings. The van der Waals surface area contributed by atoms with Crippen LogP contribution in [0, 0.1) is 5.82 Å². The van der Waals surface area contributed by atoms with Crippen LogP contribution in [0.4, 0.5) is 10.1 Å². The first-order valence-corrected chi connectivity index (χ1v) is 10.9. The second-order valence-electron chi connectivity index (χ2n) is 6.08. The number of sulfonamides is 1. The second kappa shape index (κ2) is 7.88. The van der Waals surface area contributed by atoms with Gasteiger partial charge >= 0.3 is 5.97 Å². The molecule has 0 spiro atoms.